The smallest absolute Gasteiger partial charge is 0.416 e. The monoisotopic (exact) mass is 440 g/mol. The molecule has 0 fully saturated rings. The molecule has 0 bridgehead atoms. The first-order chi connectivity index (χ1) is 14.4. The van der Waals surface area contributed by atoms with Gasteiger partial charge >= 0.3 is 18.1 Å². The quantitative estimate of drug-likeness (QED) is 0.413. The molecular formula is C19H15F3N2O7. The third-order valence-corrected chi connectivity index (χ3v) is 3.92. The molecule has 31 heavy (non-hydrogen) atoms. The second-order valence-electron chi connectivity index (χ2n) is 6.13. The number of non-ortho nitro benzene ring substituents is 1. The summed E-state index contributed by atoms with van der Waals surface area (Å²) in [6, 6.07) is 6.35. The lowest BCUT2D eigenvalue weighted by Gasteiger charge is -2.14. The van der Waals surface area contributed by atoms with Crippen LogP contribution >= 0.6 is 0 Å². The first-order valence-corrected chi connectivity index (χ1v) is 8.49. The van der Waals surface area contributed by atoms with Crippen molar-refractivity contribution in [2.45, 2.75) is 19.2 Å². The standard InChI is InChI=1S/C19H15F3N2O7/c1-10(16(25)23-14-5-3-13(4-6-14)19(20,21)22)31-18(27)12-7-11(17(26)30-2)8-15(9-12)24(28)29/h3-10H,1-2H3,(H,23,25)/t10-/m0/s1. The molecule has 1 N–H and O–H groups in total. The van der Waals surface area contributed by atoms with E-state index in [-0.39, 0.29) is 16.8 Å². The van der Waals surface area contributed by atoms with Crippen LogP contribution in [-0.2, 0) is 20.4 Å². The average Bonchev–Trinajstić information content (AvgIpc) is 2.72. The van der Waals surface area contributed by atoms with Gasteiger partial charge in [0.25, 0.3) is 11.6 Å². The minimum atomic E-state index is -4.54. The summed E-state index contributed by atoms with van der Waals surface area (Å²) < 4.78 is 47.2. The Bertz CT molecular complexity index is 1020. The zero-order valence-corrected chi connectivity index (χ0v) is 16.1. The van der Waals surface area contributed by atoms with Crippen molar-refractivity contribution in [3.8, 4) is 0 Å². The summed E-state index contributed by atoms with van der Waals surface area (Å²) in [6.07, 6.45) is -5.94. The van der Waals surface area contributed by atoms with Gasteiger partial charge in [-0.1, -0.05) is 0 Å². The van der Waals surface area contributed by atoms with E-state index in [1.807, 2.05) is 0 Å². The highest BCUT2D eigenvalue weighted by atomic mass is 19.4. The molecule has 164 valence electrons. The molecule has 0 aliphatic carbocycles. The number of anilines is 1. The largest absolute Gasteiger partial charge is 0.465 e. The van der Waals surface area contributed by atoms with Gasteiger partial charge in [-0.3, -0.25) is 14.9 Å². The van der Waals surface area contributed by atoms with Crippen LogP contribution in [0.15, 0.2) is 42.5 Å². The molecule has 9 nitrogen and oxygen atoms in total. The van der Waals surface area contributed by atoms with E-state index < -0.39 is 46.3 Å². The summed E-state index contributed by atoms with van der Waals surface area (Å²) in [4.78, 5) is 46.3. The molecule has 0 saturated carbocycles. The number of nitrogens with zero attached hydrogens (tertiary/aromatic N) is 1. The van der Waals surface area contributed by atoms with Crippen LogP contribution in [0.3, 0.4) is 0 Å². The molecule has 0 saturated heterocycles. The Hall–Kier alpha value is -3.96. The number of nitrogens with one attached hydrogen (secondary N) is 1. The molecule has 1 atom stereocenters. The van der Waals surface area contributed by atoms with Crippen molar-refractivity contribution in [2.75, 3.05) is 12.4 Å². The van der Waals surface area contributed by atoms with Crippen molar-refractivity contribution in [3.05, 3.63) is 69.3 Å². The van der Waals surface area contributed by atoms with Crippen molar-refractivity contribution in [2.24, 2.45) is 0 Å². The van der Waals surface area contributed by atoms with E-state index in [9.17, 15) is 37.7 Å². The highest BCUT2D eigenvalue weighted by Crippen LogP contribution is 2.29. The molecule has 0 spiro atoms. The maximum Gasteiger partial charge on any atom is 0.416 e. The number of methoxy groups -OCH3 is 1. The minimum absolute atomic E-state index is 0.0317. The first-order valence-electron chi connectivity index (χ1n) is 8.49. The van der Waals surface area contributed by atoms with Crippen LogP contribution in [0.4, 0.5) is 24.5 Å². The van der Waals surface area contributed by atoms with Gasteiger partial charge in [0.2, 0.25) is 0 Å². The molecule has 0 unspecified atom stereocenters. The summed E-state index contributed by atoms with van der Waals surface area (Å²) in [7, 11) is 1.05. The molecule has 2 rings (SSSR count). The van der Waals surface area contributed by atoms with Crippen molar-refractivity contribution in [1.29, 1.82) is 0 Å². The lowest BCUT2D eigenvalue weighted by molar-refractivity contribution is -0.384. The van der Waals surface area contributed by atoms with E-state index >= 15 is 0 Å². The number of ether oxygens (including phenoxy) is 2. The topological polar surface area (TPSA) is 125 Å². The number of carbonyl (C=O) groups is 3. The second-order valence-corrected chi connectivity index (χ2v) is 6.13. The number of benzene rings is 2. The van der Waals surface area contributed by atoms with Crippen LogP contribution in [0.1, 0.15) is 33.2 Å². The third kappa shape index (κ3) is 6.01. The Balaban J connectivity index is 2.12. The van der Waals surface area contributed by atoms with Crippen LogP contribution in [0.25, 0.3) is 0 Å². The summed E-state index contributed by atoms with van der Waals surface area (Å²) >= 11 is 0. The second kappa shape index (κ2) is 9.24. The highest BCUT2D eigenvalue weighted by Gasteiger charge is 2.30. The first kappa shape index (κ1) is 23.3. The van der Waals surface area contributed by atoms with Crippen LogP contribution in [0, 0.1) is 10.1 Å². The van der Waals surface area contributed by atoms with Gasteiger partial charge in [-0.25, -0.2) is 9.59 Å². The van der Waals surface area contributed by atoms with Gasteiger partial charge in [-0.15, -0.1) is 0 Å². The van der Waals surface area contributed by atoms with Crippen LogP contribution in [-0.4, -0.2) is 36.0 Å². The van der Waals surface area contributed by atoms with Crippen LogP contribution in [0.2, 0.25) is 0 Å². The van der Waals surface area contributed by atoms with E-state index in [1.165, 1.54) is 6.92 Å². The zero-order chi connectivity index (χ0) is 23.3. The van der Waals surface area contributed by atoms with Gasteiger partial charge in [-0.2, -0.15) is 13.2 Å². The lowest BCUT2D eigenvalue weighted by Crippen LogP contribution is -2.30. The number of nitro groups is 1. The fourth-order valence-electron chi connectivity index (χ4n) is 2.34. The summed E-state index contributed by atoms with van der Waals surface area (Å²) in [5.74, 6) is -2.92. The number of hydrogen-bond donors (Lipinski definition) is 1. The van der Waals surface area contributed by atoms with E-state index in [0.717, 1.165) is 49.6 Å². The normalized spacial score (nSPS) is 11.9. The lowest BCUT2D eigenvalue weighted by atomic mass is 10.1. The van der Waals surface area contributed by atoms with Gasteiger partial charge in [0.15, 0.2) is 6.10 Å². The number of esters is 2. The third-order valence-electron chi connectivity index (χ3n) is 3.92. The summed E-state index contributed by atoms with van der Waals surface area (Å²) in [5.41, 5.74) is -2.09. The number of halogens is 3. The Morgan fingerprint density at radius 3 is 2.06 bits per heavy atom. The summed E-state index contributed by atoms with van der Waals surface area (Å²) in [5, 5.41) is 13.3. The van der Waals surface area contributed by atoms with Gasteiger partial charge in [-0.05, 0) is 37.3 Å². The molecule has 0 aliphatic heterocycles. The van der Waals surface area contributed by atoms with E-state index in [0.29, 0.717) is 0 Å². The van der Waals surface area contributed by atoms with E-state index in [2.05, 4.69) is 10.1 Å². The SMILES string of the molecule is COC(=O)c1cc(C(=O)O[C@@H](C)C(=O)Nc2ccc(C(F)(F)F)cc2)cc([N+](=O)[O-])c1. The number of hydrogen-bond acceptors (Lipinski definition) is 7. The van der Waals surface area contributed by atoms with E-state index in [4.69, 9.17) is 4.74 Å². The number of carbonyl (C=O) groups excluding carboxylic acids is 3. The number of rotatable bonds is 6. The van der Waals surface area contributed by atoms with Crippen molar-refractivity contribution in [3.63, 3.8) is 0 Å². The number of amides is 1. The molecule has 0 aliphatic rings. The molecule has 2 aromatic carbocycles. The summed E-state index contributed by atoms with van der Waals surface area (Å²) in [6.45, 7) is 1.19. The fourth-order valence-corrected chi connectivity index (χ4v) is 2.34. The number of alkyl halides is 3. The van der Waals surface area contributed by atoms with Gasteiger partial charge in [0, 0.05) is 17.8 Å². The van der Waals surface area contributed by atoms with Crippen molar-refractivity contribution in [1.82, 2.24) is 0 Å². The minimum Gasteiger partial charge on any atom is -0.465 e. The van der Waals surface area contributed by atoms with Gasteiger partial charge in [0.05, 0.1) is 28.7 Å². The van der Waals surface area contributed by atoms with Gasteiger partial charge in [0.1, 0.15) is 0 Å². The maximum atomic E-state index is 12.6. The maximum absolute atomic E-state index is 12.6. The predicted octanol–water partition coefficient (Wildman–Crippen LogP) is 3.58. The Labute approximate surface area is 172 Å². The molecule has 0 radical (unpaired) electrons. The molecule has 0 aromatic heterocycles. The molecule has 1 amide bonds. The highest BCUT2D eigenvalue weighted by molar-refractivity contribution is 5.99. The van der Waals surface area contributed by atoms with Crippen LogP contribution < -0.4 is 5.32 Å². The van der Waals surface area contributed by atoms with Crippen molar-refractivity contribution < 1.29 is 42.0 Å². The zero-order valence-electron chi connectivity index (χ0n) is 16.1. The predicted molar refractivity (Wildman–Crippen MR) is 99.4 cm³/mol. The Kier molecular flexibility index (Phi) is 6.95. The van der Waals surface area contributed by atoms with E-state index in [1.54, 1.807) is 0 Å². The molecule has 0 heterocycles. The van der Waals surface area contributed by atoms with Gasteiger partial charge < -0.3 is 14.8 Å². The van der Waals surface area contributed by atoms with Crippen LogP contribution in [0.5, 0.6) is 0 Å². The number of nitro benzene ring substituents is 1. The molecule has 12 heteroatoms. The molecule has 2 aromatic rings. The van der Waals surface area contributed by atoms with Crippen molar-refractivity contribution >= 4 is 29.2 Å². The molecular weight excluding hydrogens is 425 g/mol. The fraction of sp³-hybridized carbons (Fsp3) is 0.211. The Morgan fingerprint density at radius 1 is 1.03 bits per heavy atom. The Morgan fingerprint density at radius 2 is 1.58 bits per heavy atom. The average molecular weight is 440 g/mol.